The summed E-state index contributed by atoms with van der Waals surface area (Å²) in [6.07, 6.45) is -3.43. The Bertz CT molecular complexity index is 689. The summed E-state index contributed by atoms with van der Waals surface area (Å²) < 4.78 is 49.3. The van der Waals surface area contributed by atoms with E-state index in [4.69, 9.17) is 14.5 Å². The minimum Gasteiger partial charge on any atom is -0.497 e. The lowest BCUT2D eigenvalue weighted by Gasteiger charge is -2.26. The Hall–Kier alpha value is -1.43. The Balaban J connectivity index is 0.00000512. The zero-order valence-corrected chi connectivity index (χ0v) is 21.7. The number of halogens is 4. The molecule has 10 heteroatoms. The van der Waals surface area contributed by atoms with Crippen molar-refractivity contribution in [1.29, 1.82) is 0 Å². The average molecular weight is 572 g/mol. The van der Waals surface area contributed by atoms with Gasteiger partial charge in [0, 0.05) is 26.2 Å². The van der Waals surface area contributed by atoms with Crippen molar-refractivity contribution in [1.82, 2.24) is 15.1 Å². The third-order valence-corrected chi connectivity index (χ3v) is 5.18. The number of alkyl halides is 3. The smallest absolute Gasteiger partial charge is 0.401 e. The number of rotatable bonds is 10. The van der Waals surface area contributed by atoms with Crippen LogP contribution >= 0.6 is 24.0 Å². The number of hydrogen-bond acceptors (Lipinski definition) is 4. The van der Waals surface area contributed by atoms with Crippen molar-refractivity contribution >= 4 is 29.9 Å². The van der Waals surface area contributed by atoms with Gasteiger partial charge in [-0.25, -0.2) is 4.99 Å². The second-order valence-electron chi connectivity index (χ2n) is 7.84. The maximum atomic E-state index is 12.7. The minimum absolute atomic E-state index is 0. The summed E-state index contributed by atoms with van der Waals surface area (Å²) in [6, 6.07) is 7.40. The van der Waals surface area contributed by atoms with Gasteiger partial charge in [-0.2, -0.15) is 13.2 Å². The molecule has 0 bridgehead atoms. The van der Waals surface area contributed by atoms with Crippen molar-refractivity contribution in [3.8, 4) is 11.5 Å². The summed E-state index contributed by atoms with van der Waals surface area (Å²) >= 11 is 0. The van der Waals surface area contributed by atoms with Crippen LogP contribution in [0, 0.1) is 5.92 Å². The van der Waals surface area contributed by atoms with E-state index in [9.17, 15) is 13.2 Å². The molecule has 2 atom stereocenters. The van der Waals surface area contributed by atoms with Crippen LogP contribution in [0.4, 0.5) is 13.2 Å². The molecule has 1 aromatic rings. The van der Waals surface area contributed by atoms with Gasteiger partial charge in [0.1, 0.15) is 17.6 Å². The van der Waals surface area contributed by atoms with E-state index in [2.05, 4.69) is 10.2 Å². The molecule has 1 aromatic carbocycles. The van der Waals surface area contributed by atoms with Crippen LogP contribution in [-0.4, -0.2) is 81.0 Å². The highest BCUT2D eigenvalue weighted by atomic mass is 127. The zero-order valence-electron chi connectivity index (χ0n) is 19.3. The summed E-state index contributed by atoms with van der Waals surface area (Å²) in [4.78, 5) is 8.32. The fourth-order valence-corrected chi connectivity index (χ4v) is 3.66. The molecule has 6 nitrogen and oxygen atoms in total. The van der Waals surface area contributed by atoms with Crippen molar-refractivity contribution in [3.63, 3.8) is 0 Å². The molecule has 0 aromatic heterocycles. The summed E-state index contributed by atoms with van der Waals surface area (Å²) in [5.41, 5.74) is 0. The maximum Gasteiger partial charge on any atom is 0.401 e. The SMILES string of the molecule is CCNC(=NCC(C)Oc1ccc(OC)cc1)N1CCC(CN(CC)CC(F)(F)F)C1.I. The molecule has 1 aliphatic rings. The number of nitrogens with one attached hydrogen (secondary N) is 1. The highest BCUT2D eigenvalue weighted by Crippen LogP contribution is 2.22. The summed E-state index contributed by atoms with van der Waals surface area (Å²) in [5, 5.41) is 3.30. The van der Waals surface area contributed by atoms with E-state index in [0.717, 1.165) is 37.0 Å². The molecular weight excluding hydrogens is 536 g/mol. The fraction of sp³-hybridized carbons (Fsp3) is 0.682. The van der Waals surface area contributed by atoms with Crippen LogP contribution in [0.25, 0.3) is 0 Å². The molecule has 0 radical (unpaired) electrons. The monoisotopic (exact) mass is 572 g/mol. The molecule has 1 N–H and O–H groups in total. The molecule has 1 aliphatic heterocycles. The van der Waals surface area contributed by atoms with E-state index in [1.54, 1.807) is 14.0 Å². The van der Waals surface area contributed by atoms with Crippen molar-refractivity contribution < 1.29 is 22.6 Å². The van der Waals surface area contributed by atoms with E-state index in [0.29, 0.717) is 26.2 Å². The second-order valence-corrected chi connectivity index (χ2v) is 7.84. The van der Waals surface area contributed by atoms with Crippen LogP contribution in [0.1, 0.15) is 27.2 Å². The lowest BCUT2D eigenvalue weighted by atomic mass is 10.1. The first-order valence-electron chi connectivity index (χ1n) is 10.9. The highest BCUT2D eigenvalue weighted by molar-refractivity contribution is 14.0. The highest BCUT2D eigenvalue weighted by Gasteiger charge is 2.33. The van der Waals surface area contributed by atoms with Crippen molar-refractivity contribution in [2.24, 2.45) is 10.9 Å². The van der Waals surface area contributed by atoms with Gasteiger partial charge < -0.3 is 19.7 Å². The van der Waals surface area contributed by atoms with Crippen LogP contribution in [0.5, 0.6) is 11.5 Å². The van der Waals surface area contributed by atoms with Crippen LogP contribution < -0.4 is 14.8 Å². The standard InChI is InChI=1S/C22H35F3N4O2.HI/c1-5-26-21(27-13-17(3)31-20-9-7-19(30-4)8-10-20)29-12-11-18(15-29)14-28(6-2)16-22(23,24)25;/h7-10,17-18H,5-6,11-16H2,1-4H3,(H,26,27);1H. The number of benzene rings is 1. The molecule has 0 aliphatic carbocycles. The third-order valence-electron chi connectivity index (χ3n) is 5.18. The Morgan fingerprint density at radius 3 is 2.47 bits per heavy atom. The summed E-state index contributed by atoms with van der Waals surface area (Å²) in [7, 11) is 1.62. The summed E-state index contributed by atoms with van der Waals surface area (Å²) in [5.74, 6) is 2.50. The van der Waals surface area contributed by atoms with Gasteiger partial charge in [0.25, 0.3) is 0 Å². The molecule has 1 heterocycles. The molecule has 0 spiro atoms. The first kappa shape index (κ1) is 28.6. The van der Waals surface area contributed by atoms with Crippen LogP contribution in [0.3, 0.4) is 0 Å². The molecule has 184 valence electrons. The number of methoxy groups -OCH3 is 1. The molecule has 2 rings (SSSR count). The second kappa shape index (κ2) is 14.0. The van der Waals surface area contributed by atoms with Gasteiger partial charge >= 0.3 is 6.18 Å². The average Bonchev–Trinajstić information content (AvgIpc) is 3.18. The van der Waals surface area contributed by atoms with Crippen molar-refractivity contribution in [2.45, 2.75) is 39.5 Å². The zero-order chi connectivity index (χ0) is 22.9. The van der Waals surface area contributed by atoms with Gasteiger partial charge in [-0.3, -0.25) is 4.90 Å². The van der Waals surface area contributed by atoms with Crippen molar-refractivity contribution in [2.75, 3.05) is 52.9 Å². The van der Waals surface area contributed by atoms with Gasteiger partial charge in [-0.1, -0.05) is 6.92 Å². The van der Waals surface area contributed by atoms with E-state index < -0.39 is 12.7 Å². The predicted octanol–water partition coefficient (Wildman–Crippen LogP) is 4.25. The van der Waals surface area contributed by atoms with E-state index in [1.807, 2.05) is 38.1 Å². The lowest BCUT2D eigenvalue weighted by molar-refractivity contribution is -0.146. The number of likely N-dealkylation sites (tertiary alicyclic amines) is 1. The number of ether oxygens (including phenoxy) is 2. The fourth-order valence-electron chi connectivity index (χ4n) is 3.66. The van der Waals surface area contributed by atoms with Gasteiger partial charge in [-0.15, -0.1) is 24.0 Å². The largest absolute Gasteiger partial charge is 0.497 e. The lowest BCUT2D eigenvalue weighted by Crippen LogP contribution is -2.42. The summed E-state index contributed by atoms with van der Waals surface area (Å²) in [6.45, 7) is 8.41. The van der Waals surface area contributed by atoms with E-state index >= 15 is 0 Å². The van der Waals surface area contributed by atoms with Crippen LogP contribution in [0.15, 0.2) is 29.3 Å². The molecular formula is C22H36F3IN4O2. The Labute approximate surface area is 206 Å². The molecule has 2 unspecified atom stereocenters. The first-order chi connectivity index (χ1) is 14.7. The Morgan fingerprint density at radius 1 is 1.25 bits per heavy atom. The van der Waals surface area contributed by atoms with Gasteiger partial charge in [0.2, 0.25) is 0 Å². The van der Waals surface area contributed by atoms with Crippen molar-refractivity contribution in [3.05, 3.63) is 24.3 Å². The first-order valence-corrected chi connectivity index (χ1v) is 10.9. The number of nitrogens with zero attached hydrogens (tertiary/aromatic N) is 3. The minimum atomic E-state index is -4.16. The van der Waals surface area contributed by atoms with Crippen LogP contribution in [-0.2, 0) is 0 Å². The number of guanidine groups is 1. The van der Waals surface area contributed by atoms with Gasteiger partial charge in [0.15, 0.2) is 5.96 Å². The number of aliphatic imine (C=N–C) groups is 1. The Kier molecular flexibility index (Phi) is 12.5. The molecule has 32 heavy (non-hydrogen) atoms. The molecule has 1 fully saturated rings. The topological polar surface area (TPSA) is 49.3 Å². The van der Waals surface area contributed by atoms with Crippen LogP contribution in [0.2, 0.25) is 0 Å². The molecule has 1 saturated heterocycles. The van der Waals surface area contributed by atoms with E-state index in [-0.39, 0.29) is 36.0 Å². The normalized spacial score (nSPS) is 17.8. The van der Waals surface area contributed by atoms with Gasteiger partial charge in [-0.05, 0) is 57.0 Å². The third kappa shape index (κ3) is 10.0. The Morgan fingerprint density at radius 2 is 1.91 bits per heavy atom. The van der Waals surface area contributed by atoms with E-state index in [1.165, 1.54) is 4.90 Å². The number of hydrogen-bond donors (Lipinski definition) is 1. The quantitative estimate of drug-likeness (QED) is 0.258. The van der Waals surface area contributed by atoms with Gasteiger partial charge in [0.05, 0.1) is 20.2 Å². The maximum absolute atomic E-state index is 12.7. The predicted molar refractivity (Wildman–Crippen MR) is 132 cm³/mol. The molecule has 0 saturated carbocycles. The molecule has 0 amide bonds.